The molecule has 0 unspecified atom stereocenters. The largest absolute Gasteiger partial charge is 0.465 e. The molecule has 0 aliphatic carbocycles. The van der Waals surface area contributed by atoms with Crippen molar-refractivity contribution in [2.24, 2.45) is 5.14 Å². The van der Waals surface area contributed by atoms with Crippen molar-refractivity contribution in [1.82, 2.24) is 0 Å². The second-order valence-electron chi connectivity index (χ2n) is 2.83. The molecule has 15 heavy (non-hydrogen) atoms. The van der Waals surface area contributed by atoms with Gasteiger partial charge < -0.3 is 10.5 Å². The van der Waals surface area contributed by atoms with E-state index in [0.717, 1.165) is 6.07 Å². The van der Waals surface area contributed by atoms with Crippen LogP contribution in [0, 0.1) is 0 Å². The summed E-state index contributed by atoms with van der Waals surface area (Å²) in [7, 11) is -2.69. The number of nitrogens with two attached hydrogens (primary N) is 2. The number of nitrogen functional groups attached to an aromatic ring is 1. The molecule has 1 aromatic carbocycles. The fourth-order valence-electron chi connectivity index (χ4n) is 1.02. The van der Waals surface area contributed by atoms with Crippen LogP contribution >= 0.6 is 0 Å². The molecule has 0 bridgehead atoms. The third-order valence-corrected chi connectivity index (χ3v) is 2.57. The van der Waals surface area contributed by atoms with Gasteiger partial charge in [-0.15, -0.1) is 0 Å². The van der Waals surface area contributed by atoms with Gasteiger partial charge in [0.25, 0.3) is 0 Å². The number of rotatable bonds is 2. The minimum atomic E-state index is -3.88. The van der Waals surface area contributed by atoms with E-state index < -0.39 is 16.0 Å². The summed E-state index contributed by atoms with van der Waals surface area (Å²) in [6, 6.07) is 3.58. The lowest BCUT2D eigenvalue weighted by Gasteiger charge is -2.04. The van der Waals surface area contributed by atoms with E-state index in [4.69, 9.17) is 10.9 Å². The van der Waals surface area contributed by atoms with E-state index in [1.165, 1.54) is 19.2 Å². The average molecular weight is 230 g/mol. The van der Waals surface area contributed by atoms with Crippen LogP contribution < -0.4 is 10.9 Å². The van der Waals surface area contributed by atoms with Crippen LogP contribution in [0.25, 0.3) is 0 Å². The Morgan fingerprint density at radius 1 is 1.33 bits per heavy atom. The van der Waals surface area contributed by atoms with E-state index in [2.05, 4.69) is 4.74 Å². The molecule has 4 N–H and O–H groups in total. The molecule has 0 aliphatic rings. The standard InChI is InChI=1S/C8H10N2O4S/c1-14-8(11)5-2-6(9)4-7(3-5)15(10,12)13/h2-4H,9H2,1H3,(H2,10,12,13). The Bertz CT molecular complexity index is 495. The predicted molar refractivity (Wildman–Crippen MR) is 53.6 cm³/mol. The SMILES string of the molecule is COC(=O)c1cc(N)cc(S(N)(=O)=O)c1. The smallest absolute Gasteiger partial charge is 0.337 e. The van der Waals surface area contributed by atoms with E-state index in [1.54, 1.807) is 0 Å². The summed E-state index contributed by atoms with van der Waals surface area (Å²) in [5, 5.41) is 4.90. The van der Waals surface area contributed by atoms with Crippen molar-refractivity contribution in [1.29, 1.82) is 0 Å². The molecule has 6 nitrogen and oxygen atoms in total. The molecule has 0 aliphatic heterocycles. The highest BCUT2D eigenvalue weighted by Crippen LogP contribution is 2.16. The van der Waals surface area contributed by atoms with Gasteiger partial charge in [0.15, 0.2) is 0 Å². The van der Waals surface area contributed by atoms with Crippen molar-refractivity contribution < 1.29 is 17.9 Å². The van der Waals surface area contributed by atoms with Gasteiger partial charge in [0.2, 0.25) is 10.0 Å². The number of esters is 1. The maximum Gasteiger partial charge on any atom is 0.337 e. The van der Waals surface area contributed by atoms with Gasteiger partial charge in [0.1, 0.15) is 0 Å². The lowest BCUT2D eigenvalue weighted by atomic mass is 10.2. The zero-order chi connectivity index (χ0) is 11.6. The third kappa shape index (κ3) is 2.67. The molecule has 0 atom stereocenters. The van der Waals surface area contributed by atoms with E-state index in [1.807, 2.05) is 0 Å². The summed E-state index contributed by atoms with van der Waals surface area (Å²) in [5.74, 6) is -0.674. The molecule has 0 aromatic heterocycles. The monoisotopic (exact) mass is 230 g/mol. The summed E-state index contributed by atoms with van der Waals surface area (Å²) in [6.45, 7) is 0. The number of primary sulfonamides is 1. The number of hydrogen-bond acceptors (Lipinski definition) is 5. The third-order valence-electron chi connectivity index (χ3n) is 1.68. The lowest BCUT2D eigenvalue weighted by molar-refractivity contribution is 0.0600. The van der Waals surface area contributed by atoms with Crippen LogP contribution in [0.15, 0.2) is 23.1 Å². The Kier molecular flexibility index (Phi) is 2.96. The molecule has 0 radical (unpaired) electrons. The van der Waals surface area contributed by atoms with E-state index in [-0.39, 0.29) is 16.1 Å². The first kappa shape index (κ1) is 11.5. The van der Waals surface area contributed by atoms with Crippen molar-refractivity contribution in [3.05, 3.63) is 23.8 Å². The Balaban J connectivity index is 3.35. The average Bonchev–Trinajstić information content (AvgIpc) is 2.14. The molecule has 0 fully saturated rings. The maximum absolute atomic E-state index is 11.1. The summed E-state index contributed by atoms with van der Waals surface area (Å²) in [6.07, 6.45) is 0. The second kappa shape index (κ2) is 3.87. The van der Waals surface area contributed by atoms with Gasteiger partial charge in [-0.1, -0.05) is 0 Å². The number of carbonyl (C=O) groups is 1. The van der Waals surface area contributed by atoms with Crippen LogP contribution in [0.3, 0.4) is 0 Å². The van der Waals surface area contributed by atoms with Crippen LogP contribution in [0.1, 0.15) is 10.4 Å². The Hall–Kier alpha value is -1.60. The molecule has 0 saturated heterocycles. The highest BCUT2D eigenvalue weighted by molar-refractivity contribution is 7.89. The van der Waals surface area contributed by atoms with Gasteiger partial charge in [-0.05, 0) is 18.2 Å². The zero-order valence-corrected chi connectivity index (χ0v) is 8.74. The van der Waals surface area contributed by atoms with Crippen LogP contribution in [0.5, 0.6) is 0 Å². The Morgan fingerprint density at radius 2 is 1.93 bits per heavy atom. The number of benzene rings is 1. The predicted octanol–water partition coefficient (Wildman–Crippen LogP) is -0.297. The highest BCUT2D eigenvalue weighted by atomic mass is 32.2. The van der Waals surface area contributed by atoms with Crippen LogP contribution in [-0.2, 0) is 14.8 Å². The first-order valence-electron chi connectivity index (χ1n) is 3.86. The maximum atomic E-state index is 11.1. The summed E-state index contributed by atoms with van der Waals surface area (Å²) < 4.78 is 26.5. The molecule has 1 aromatic rings. The van der Waals surface area contributed by atoms with Crippen molar-refractivity contribution in [2.45, 2.75) is 4.90 Å². The Labute approximate surface area is 86.9 Å². The molecule has 82 valence electrons. The van der Waals surface area contributed by atoms with Gasteiger partial charge in [-0.25, -0.2) is 18.4 Å². The lowest BCUT2D eigenvalue weighted by Crippen LogP contribution is -2.14. The Morgan fingerprint density at radius 3 is 2.40 bits per heavy atom. The van der Waals surface area contributed by atoms with Crippen LogP contribution in [-0.4, -0.2) is 21.5 Å². The fourth-order valence-corrected chi connectivity index (χ4v) is 1.61. The molecule has 0 saturated carbocycles. The van der Waals surface area contributed by atoms with Gasteiger partial charge in [-0.3, -0.25) is 0 Å². The summed E-state index contributed by atoms with van der Waals surface area (Å²) in [5.41, 5.74) is 5.59. The topological polar surface area (TPSA) is 112 Å². The number of hydrogen-bond donors (Lipinski definition) is 2. The number of anilines is 1. The van der Waals surface area contributed by atoms with Gasteiger partial charge in [0, 0.05) is 5.69 Å². The summed E-state index contributed by atoms with van der Waals surface area (Å²) in [4.78, 5) is 10.9. The van der Waals surface area contributed by atoms with Crippen LogP contribution in [0.2, 0.25) is 0 Å². The number of sulfonamides is 1. The molecule has 0 spiro atoms. The molecular weight excluding hydrogens is 220 g/mol. The first-order chi connectivity index (χ1) is 6.84. The van der Waals surface area contributed by atoms with Crippen molar-refractivity contribution in [3.63, 3.8) is 0 Å². The first-order valence-corrected chi connectivity index (χ1v) is 5.41. The molecule has 0 amide bonds. The summed E-state index contributed by atoms with van der Waals surface area (Å²) >= 11 is 0. The zero-order valence-electron chi connectivity index (χ0n) is 7.93. The number of ether oxygens (including phenoxy) is 1. The quantitative estimate of drug-likeness (QED) is 0.535. The van der Waals surface area contributed by atoms with Gasteiger partial charge in [-0.2, -0.15) is 0 Å². The van der Waals surface area contributed by atoms with E-state index >= 15 is 0 Å². The number of carbonyl (C=O) groups excluding carboxylic acids is 1. The van der Waals surface area contributed by atoms with Crippen molar-refractivity contribution >= 4 is 21.7 Å². The normalized spacial score (nSPS) is 11.1. The van der Waals surface area contributed by atoms with Gasteiger partial charge in [0.05, 0.1) is 17.6 Å². The fraction of sp³-hybridized carbons (Fsp3) is 0.125. The van der Waals surface area contributed by atoms with Crippen molar-refractivity contribution in [2.75, 3.05) is 12.8 Å². The van der Waals surface area contributed by atoms with Crippen molar-refractivity contribution in [3.8, 4) is 0 Å². The van der Waals surface area contributed by atoms with E-state index in [0.29, 0.717) is 0 Å². The van der Waals surface area contributed by atoms with E-state index in [9.17, 15) is 13.2 Å². The second-order valence-corrected chi connectivity index (χ2v) is 4.39. The highest BCUT2D eigenvalue weighted by Gasteiger charge is 2.13. The van der Waals surface area contributed by atoms with Crippen LogP contribution in [0.4, 0.5) is 5.69 Å². The van der Waals surface area contributed by atoms with Gasteiger partial charge >= 0.3 is 5.97 Å². The minimum absolute atomic E-state index is 0.0431. The molecule has 1 rings (SSSR count). The minimum Gasteiger partial charge on any atom is -0.465 e. The molecular formula is C8H10N2O4S. The molecule has 7 heteroatoms. The molecule has 0 heterocycles. The number of methoxy groups -OCH3 is 1.